The van der Waals surface area contributed by atoms with Crippen LogP contribution >= 0.6 is 0 Å². The largest absolute Gasteiger partial charge is 0.347 e. The Bertz CT molecular complexity index is 624. The Morgan fingerprint density at radius 2 is 1.91 bits per heavy atom. The summed E-state index contributed by atoms with van der Waals surface area (Å²) in [6.45, 7) is 2.18. The number of carbonyl (C=O) groups excluding carboxylic acids is 1. The van der Waals surface area contributed by atoms with Crippen molar-refractivity contribution in [2.75, 3.05) is 0 Å². The van der Waals surface area contributed by atoms with Gasteiger partial charge in [0, 0.05) is 12.2 Å². The number of nitrogens with one attached hydrogen (secondary N) is 1. The topological polar surface area (TPSA) is 42.0 Å². The van der Waals surface area contributed by atoms with Crippen LogP contribution in [0.15, 0.2) is 42.6 Å². The second-order valence-electron chi connectivity index (χ2n) is 6.00. The Balaban J connectivity index is 1.59. The molecule has 0 saturated carbocycles. The molecular formula is C19H22N2O. The number of aromatic nitrogens is 1. The number of pyridine rings is 1. The summed E-state index contributed by atoms with van der Waals surface area (Å²) in [4.78, 5) is 16.6. The van der Waals surface area contributed by atoms with E-state index in [-0.39, 0.29) is 11.9 Å². The summed E-state index contributed by atoms with van der Waals surface area (Å²) >= 11 is 0. The number of hydrogen-bond acceptors (Lipinski definition) is 2. The molecule has 0 unspecified atom stereocenters. The molecule has 0 atom stereocenters. The van der Waals surface area contributed by atoms with Crippen LogP contribution in [0.25, 0.3) is 0 Å². The van der Waals surface area contributed by atoms with Gasteiger partial charge in [-0.05, 0) is 48.4 Å². The first-order valence-corrected chi connectivity index (χ1v) is 8.09. The van der Waals surface area contributed by atoms with Gasteiger partial charge in [0.1, 0.15) is 5.69 Å². The molecule has 0 fully saturated rings. The normalized spacial score (nSPS) is 13.9. The Kier molecular flexibility index (Phi) is 4.52. The van der Waals surface area contributed by atoms with Gasteiger partial charge in [-0.1, -0.05) is 43.7 Å². The molecule has 3 rings (SSSR count). The highest BCUT2D eigenvalue weighted by Gasteiger charge is 2.23. The van der Waals surface area contributed by atoms with E-state index in [0.717, 1.165) is 25.7 Å². The van der Waals surface area contributed by atoms with Gasteiger partial charge in [0.05, 0.1) is 0 Å². The predicted molar refractivity (Wildman–Crippen MR) is 88.0 cm³/mol. The quantitative estimate of drug-likeness (QED) is 0.919. The van der Waals surface area contributed by atoms with Crippen LogP contribution in [-0.4, -0.2) is 16.9 Å². The van der Waals surface area contributed by atoms with E-state index in [1.54, 1.807) is 0 Å². The van der Waals surface area contributed by atoms with Crippen molar-refractivity contribution in [3.8, 4) is 0 Å². The molecule has 1 aromatic carbocycles. The van der Waals surface area contributed by atoms with Crippen LogP contribution < -0.4 is 5.32 Å². The van der Waals surface area contributed by atoms with E-state index in [9.17, 15) is 4.79 Å². The molecule has 0 saturated heterocycles. The van der Waals surface area contributed by atoms with Gasteiger partial charge in [-0.3, -0.25) is 9.78 Å². The first kappa shape index (κ1) is 14.8. The molecule has 0 bridgehead atoms. The number of hydrogen-bond donors (Lipinski definition) is 1. The number of benzene rings is 1. The molecule has 1 aliphatic rings. The molecule has 114 valence electrons. The van der Waals surface area contributed by atoms with E-state index < -0.39 is 0 Å². The van der Waals surface area contributed by atoms with Crippen molar-refractivity contribution in [1.82, 2.24) is 10.3 Å². The maximum Gasteiger partial charge on any atom is 0.270 e. The maximum atomic E-state index is 12.3. The first-order valence-electron chi connectivity index (χ1n) is 8.09. The van der Waals surface area contributed by atoms with E-state index in [1.807, 2.05) is 18.3 Å². The highest BCUT2D eigenvalue weighted by Crippen LogP contribution is 2.21. The van der Waals surface area contributed by atoms with E-state index in [0.29, 0.717) is 5.69 Å². The minimum atomic E-state index is -0.0696. The van der Waals surface area contributed by atoms with Crippen LogP contribution in [0.2, 0.25) is 0 Å². The van der Waals surface area contributed by atoms with Gasteiger partial charge in [-0.15, -0.1) is 0 Å². The lowest BCUT2D eigenvalue weighted by atomic mass is 10.1. The Labute approximate surface area is 131 Å². The van der Waals surface area contributed by atoms with Gasteiger partial charge >= 0.3 is 0 Å². The monoisotopic (exact) mass is 294 g/mol. The predicted octanol–water partition coefficient (Wildman–Crippen LogP) is 3.32. The van der Waals surface area contributed by atoms with E-state index in [4.69, 9.17) is 0 Å². The smallest absolute Gasteiger partial charge is 0.270 e. The van der Waals surface area contributed by atoms with Gasteiger partial charge in [0.15, 0.2) is 0 Å². The van der Waals surface area contributed by atoms with Gasteiger partial charge < -0.3 is 5.32 Å². The van der Waals surface area contributed by atoms with Gasteiger partial charge in [0.25, 0.3) is 5.91 Å². The lowest BCUT2D eigenvalue weighted by Gasteiger charge is -2.11. The molecule has 0 spiro atoms. The van der Waals surface area contributed by atoms with Gasteiger partial charge in [0.2, 0.25) is 0 Å². The molecule has 0 radical (unpaired) electrons. The number of unbranched alkanes of at least 4 members (excludes halogenated alkanes) is 1. The zero-order valence-electron chi connectivity index (χ0n) is 13.0. The van der Waals surface area contributed by atoms with Gasteiger partial charge in [-0.2, -0.15) is 0 Å². The lowest BCUT2D eigenvalue weighted by Crippen LogP contribution is -2.35. The summed E-state index contributed by atoms with van der Waals surface area (Å²) in [6.07, 6.45) is 7.02. The van der Waals surface area contributed by atoms with Crippen LogP contribution in [0.3, 0.4) is 0 Å². The number of aryl methyl sites for hydroxylation is 1. The van der Waals surface area contributed by atoms with Crippen molar-refractivity contribution in [3.63, 3.8) is 0 Å². The molecule has 22 heavy (non-hydrogen) atoms. The summed E-state index contributed by atoms with van der Waals surface area (Å²) < 4.78 is 0. The number of amides is 1. The van der Waals surface area contributed by atoms with E-state index in [1.165, 1.54) is 23.1 Å². The molecule has 1 heterocycles. The summed E-state index contributed by atoms with van der Waals surface area (Å²) in [7, 11) is 0. The fraction of sp³-hybridized carbons (Fsp3) is 0.368. The van der Waals surface area contributed by atoms with Crippen LogP contribution in [0, 0.1) is 0 Å². The second kappa shape index (κ2) is 6.73. The van der Waals surface area contributed by atoms with Crippen molar-refractivity contribution in [2.45, 2.75) is 45.1 Å². The third-order valence-corrected chi connectivity index (χ3v) is 4.26. The van der Waals surface area contributed by atoms with Crippen LogP contribution in [0.4, 0.5) is 0 Å². The summed E-state index contributed by atoms with van der Waals surface area (Å²) in [5.41, 5.74) is 4.40. The number of carbonyl (C=O) groups is 1. The maximum absolute atomic E-state index is 12.3. The van der Waals surface area contributed by atoms with Crippen molar-refractivity contribution >= 4 is 5.91 Å². The van der Waals surface area contributed by atoms with Crippen LogP contribution in [-0.2, 0) is 19.3 Å². The van der Waals surface area contributed by atoms with Crippen molar-refractivity contribution in [3.05, 3.63) is 65.0 Å². The zero-order valence-corrected chi connectivity index (χ0v) is 13.0. The fourth-order valence-corrected chi connectivity index (χ4v) is 3.01. The Hall–Kier alpha value is -2.16. The summed E-state index contributed by atoms with van der Waals surface area (Å²) in [5, 5.41) is 3.10. The van der Waals surface area contributed by atoms with Gasteiger partial charge in [-0.25, -0.2) is 0 Å². The molecule has 1 amide bonds. The minimum Gasteiger partial charge on any atom is -0.347 e. The molecule has 1 aliphatic carbocycles. The highest BCUT2D eigenvalue weighted by molar-refractivity contribution is 5.92. The molecule has 0 aliphatic heterocycles. The average Bonchev–Trinajstić information content (AvgIpc) is 2.95. The van der Waals surface area contributed by atoms with Crippen LogP contribution in [0.5, 0.6) is 0 Å². The third kappa shape index (κ3) is 3.35. The summed E-state index contributed by atoms with van der Waals surface area (Å²) in [6, 6.07) is 12.4. The fourth-order valence-electron chi connectivity index (χ4n) is 3.01. The van der Waals surface area contributed by atoms with Crippen molar-refractivity contribution in [1.29, 1.82) is 0 Å². The van der Waals surface area contributed by atoms with Crippen molar-refractivity contribution in [2.24, 2.45) is 0 Å². The standard InChI is InChI=1S/C19H22N2O/c1-2-3-6-14-9-10-18(20-13-14)19(22)21-17-11-15-7-4-5-8-16(15)12-17/h4-5,7-10,13,17H,2-3,6,11-12H2,1H3,(H,21,22). The second-order valence-corrected chi connectivity index (χ2v) is 6.00. The Morgan fingerprint density at radius 3 is 2.50 bits per heavy atom. The SMILES string of the molecule is CCCCc1ccc(C(=O)NC2Cc3ccccc3C2)nc1. The van der Waals surface area contributed by atoms with Crippen LogP contribution in [0.1, 0.15) is 46.9 Å². The molecule has 3 nitrogen and oxygen atoms in total. The molecule has 1 aromatic heterocycles. The molecule has 2 aromatic rings. The first-order chi connectivity index (χ1) is 10.8. The molecule has 1 N–H and O–H groups in total. The third-order valence-electron chi connectivity index (χ3n) is 4.26. The summed E-state index contributed by atoms with van der Waals surface area (Å²) in [5.74, 6) is -0.0696. The van der Waals surface area contributed by atoms with E-state index in [2.05, 4.69) is 41.5 Å². The van der Waals surface area contributed by atoms with E-state index >= 15 is 0 Å². The number of nitrogens with zero attached hydrogens (tertiary/aromatic N) is 1. The van der Waals surface area contributed by atoms with Crippen molar-refractivity contribution < 1.29 is 4.79 Å². The average molecular weight is 294 g/mol. The molecule has 3 heteroatoms. The lowest BCUT2D eigenvalue weighted by molar-refractivity contribution is 0.0933. The minimum absolute atomic E-state index is 0.0696. The zero-order chi connectivity index (χ0) is 15.4. The number of rotatable bonds is 5. The molecular weight excluding hydrogens is 272 g/mol. The highest BCUT2D eigenvalue weighted by atomic mass is 16.1. The Morgan fingerprint density at radius 1 is 1.18 bits per heavy atom. The number of fused-ring (bicyclic) bond motifs is 1.